The highest BCUT2D eigenvalue weighted by molar-refractivity contribution is 6.30. The summed E-state index contributed by atoms with van der Waals surface area (Å²) in [6.45, 7) is 0. The average molecular weight is 427 g/mol. The maximum Gasteiger partial charge on any atom is 0.227 e. The number of nitrogens with one attached hydrogen (secondary N) is 1. The normalized spacial score (nSPS) is 10.9. The highest BCUT2D eigenvalue weighted by Gasteiger charge is 2.15. The predicted molar refractivity (Wildman–Crippen MR) is 113 cm³/mol. The number of aromatic nitrogens is 4. The molecule has 0 saturated heterocycles. The average Bonchev–Trinajstić information content (AvgIpc) is 3.12. The zero-order valence-corrected chi connectivity index (χ0v) is 16.7. The lowest BCUT2D eigenvalue weighted by Crippen LogP contribution is -2.04. The van der Waals surface area contributed by atoms with Crippen molar-refractivity contribution in [3.8, 4) is 11.1 Å². The van der Waals surface area contributed by atoms with Gasteiger partial charge >= 0.3 is 0 Å². The van der Waals surface area contributed by atoms with Crippen molar-refractivity contribution in [1.82, 2.24) is 19.7 Å². The van der Waals surface area contributed by atoms with Crippen molar-refractivity contribution in [3.05, 3.63) is 82.9 Å². The van der Waals surface area contributed by atoms with Gasteiger partial charge in [-0.05, 0) is 41.5 Å². The molecular weight excluding hydrogens is 410 g/mol. The molecule has 0 amide bonds. The van der Waals surface area contributed by atoms with Gasteiger partial charge in [0, 0.05) is 37.1 Å². The molecule has 9 heteroatoms. The molecule has 3 N–H and O–H groups in total. The molecule has 4 aromatic rings. The smallest absolute Gasteiger partial charge is 0.227 e. The summed E-state index contributed by atoms with van der Waals surface area (Å²) in [5.41, 5.74) is 8.92. The van der Waals surface area contributed by atoms with Gasteiger partial charge in [0.1, 0.15) is 11.6 Å². The molecule has 6 nitrogen and oxygen atoms in total. The minimum Gasteiger partial charge on any atom is -0.399 e. The zero-order chi connectivity index (χ0) is 21.3. The second-order valence-electron chi connectivity index (χ2n) is 6.74. The lowest BCUT2D eigenvalue weighted by atomic mass is 10.00. The number of anilines is 3. The highest BCUT2D eigenvalue weighted by Crippen LogP contribution is 2.29. The van der Waals surface area contributed by atoms with E-state index in [9.17, 15) is 8.78 Å². The van der Waals surface area contributed by atoms with Crippen LogP contribution >= 0.6 is 11.6 Å². The zero-order valence-electron chi connectivity index (χ0n) is 15.9. The van der Waals surface area contributed by atoms with E-state index in [1.165, 1.54) is 24.3 Å². The molecule has 30 heavy (non-hydrogen) atoms. The second-order valence-corrected chi connectivity index (χ2v) is 7.15. The Morgan fingerprint density at radius 1 is 1.10 bits per heavy atom. The molecule has 2 heterocycles. The fourth-order valence-corrected chi connectivity index (χ4v) is 3.16. The Bertz CT molecular complexity index is 1220. The van der Waals surface area contributed by atoms with E-state index in [1.807, 2.05) is 0 Å². The summed E-state index contributed by atoms with van der Waals surface area (Å²) in [6, 6.07) is 8.77. The lowest BCUT2D eigenvalue weighted by molar-refractivity contribution is 0.613. The molecule has 0 unspecified atom stereocenters. The van der Waals surface area contributed by atoms with Crippen molar-refractivity contribution in [3.63, 3.8) is 0 Å². The van der Waals surface area contributed by atoms with E-state index in [4.69, 9.17) is 17.3 Å². The Balaban J connectivity index is 1.78. The van der Waals surface area contributed by atoms with Crippen LogP contribution in [-0.2, 0) is 13.5 Å². The Labute approximate surface area is 176 Å². The summed E-state index contributed by atoms with van der Waals surface area (Å²) < 4.78 is 30.0. The quantitative estimate of drug-likeness (QED) is 0.451. The summed E-state index contributed by atoms with van der Waals surface area (Å²) in [5, 5.41) is 7.16. The topological polar surface area (TPSA) is 81.7 Å². The van der Waals surface area contributed by atoms with Crippen LogP contribution < -0.4 is 11.1 Å². The second kappa shape index (κ2) is 8.08. The summed E-state index contributed by atoms with van der Waals surface area (Å²) in [4.78, 5) is 8.87. The van der Waals surface area contributed by atoms with E-state index in [-0.39, 0.29) is 11.4 Å². The van der Waals surface area contributed by atoms with Crippen LogP contribution in [0.3, 0.4) is 0 Å². The van der Waals surface area contributed by atoms with Crippen LogP contribution in [0.5, 0.6) is 0 Å². The predicted octanol–water partition coefficient (Wildman–Crippen LogP) is 4.73. The third-order valence-electron chi connectivity index (χ3n) is 4.49. The van der Waals surface area contributed by atoms with Crippen molar-refractivity contribution >= 4 is 28.9 Å². The molecule has 0 spiro atoms. The third kappa shape index (κ3) is 4.23. The van der Waals surface area contributed by atoms with Crippen molar-refractivity contribution in [2.24, 2.45) is 7.05 Å². The largest absolute Gasteiger partial charge is 0.399 e. The lowest BCUT2D eigenvalue weighted by Gasteiger charge is -2.12. The molecule has 0 aliphatic heterocycles. The molecule has 0 radical (unpaired) electrons. The SMILES string of the molecule is Cn1cc(Nc2ncc(-c3ccc(Cl)c(F)c3)c(Cc3cc(N)ccc3F)n2)cn1. The molecule has 0 aliphatic carbocycles. The molecule has 152 valence electrons. The minimum absolute atomic E-state index is 0.0120. The van der Waals surface area contributed by atoms with E-state index in [2.05, 4.69) is 20.4 Å². The van der Waals surface area contributed by atoms with Gasteiger partial charge in [-0.1, -0.05) is 17.7 Å². The van der Waals surface area contributed by atoms with E-state index in [0.717, 1.165) is 0 Å². The summed E-state index contributed by atoms with van der Waals surface area (Å²) in [7, 11) is 1.79. The summed E-state index contributed by atoms with van der Waals surface area (Å²) in [5.74, 6) is -0.661. The number of hydrogen-bond donors (Lipinski definition) is 2. The number of aryl methyl sites for hydroxylation is 1. The van der Waals surface area contributed by atoms with Gasteiger partial charge in [-0.15, -0.1) is 0 Å². The van der Waals surface area contributed by atoms with Crippen molar-refractivity contribution in [2.75, 3.05) is 11.1 Å². The van der Waals surface area contributed by atoms with Crippen LogP contribution in [0.4, 0.5) is 26.1 Å². The van der Waals surface area contributed by atoms with E-state index in [1.54, 1.807) is 42.5 Å². The van der Waals surface area contributed by atoms with Crippen LogP contribution in [0, 0.1) is 11.6 Å². The molecule has 0 fully saturated rings. The molecule has 0 atom stereocenters. The van der Waals surface area contributed by atoms with E-state index >= 15 is 0 Å². The van der Waals surface area contributed by atoms with Crippen LogP contribution in [0.25, 0.3) is 11.1 Å². The maximum atomic E-state index is 14.4. The van der Waals surface area contributed by atoms with Crippen molar-refractivity contribution in [1.29, 1.82) is 0 Å². The Morgan fingerprint density at radius 3 is 2.67 bits per heavy atom. The van der Waals surface area contributed by atoms with Gasteiger partial charge in [0.25, 0.3) is 0 Å². The monoisotopic (exact) mass is 426 g/mol. The van der Waals surface area contributed by atoms with Crippen LogP contribution in [-0.4, -0.2) is 19.7 Å². The first kappa shape index (κ1) is 19.8. The first-order valence-corrected chi connectivity index (χ1v) is 9.38. The van der Waals surface area contributed by atoms with Gasteiger partial charge in [-0.3, -0.25) is 4.68 Å². The number of nitrogen functional groups attached to an aromatic ring is 1. The van der Waals surface area contributed by atoms with Gasteiger partial charge in [-0.25, -0.2) is 18.7 Å². The summed E-state index contributed by atoms with van der Waals surface area (Å²) >= 11 is 5.81. The Kier molecular flexibility index (Phi) is 5.33. The number of rotatable bonds is 5. The first-order valence-electron chi connectivity index (χ1n) is 9.00. The van der Waals surface area contributed by atoms with Gasteiger partial charge in [-0.2, -0.15) is 5.10 Å². The number of halogens is 3. The first-order chi connectivity index (χ1) is 14.4. The number of hydrogen-bond acceptors (Lipinski definition) is 5. The molecule has 0 saturated carbocycles. The molecule has 2 aromatic heterocycles. The van der Waals surface area contributed by atoms with Crippen molar-refractivity contribution < 1.29 is 8.78 Å². The highest BCUT2D eigenvalue weighted by atomic mass is 35.5. The molecule has 0 bridgehead atoms. The standard InChI is InChI=1S/C21H17ClF2N6/c1-30-11-15(9-27-30)28-21-26-10-16(12-2-4-17(22)19(24)7-12)20(29-21)8-13-6-14(25)3-5-18(13)23/h2-7,9-11H,8,25H2,1H3,(H,26,28,29). The number of benzene rings is 2. The molecule has 2 aromatic carbocycles. The van der Waals surface area contributed by atoms with Gasteiger partial charge in [0.15, 0.2) is 0 Å². The van der Waals surface area contributed by atoms with Gasteiger partial charge in [0.2, 0.25) is 5.95 Å². The Morgan fingerprint density at radius 2 is 1.93 bits per heavy atom. The Hall–Kier alpha value is -3.52. The van der Waals surface area contributed by atoms with E-state index < -0.39 is 11.6 Å². The maximum absolute atomic E-state index is 14.4. The van der Waals surface area contributed by atoms with Crippen LogP contribution in [0.2, 0.25) is 5.02 Å². The van der Waals surface area contributed by atoms with Crippen LogP contribution in [0.15, 0.2) is 55.0 Å². The fraction of sp³-hybridized carbons (Fsp3) is 0.0952. The van der Waals surface area contributed by atoms with E-state index in [0.29, 0.717) is 39.7 Å². The molecular formula is C21H17ClF2N6. The number of nitrogens with zero attached hydrogens (tertiary/aromatic N) is 4. The summed E-state index contributed by atoms with van der Waals surface area (Å²) in [6.07, 6.45) is 5.10. The number of nitrogens with two attached hydrogens (primary N) is 1. The van der Waals surface area contributed by atoms with Crippen LogP contribution in [0.1, 0.15) is 11.3 Å². The third-order valence-corrected chi connectivity index (χ3v) is 4.79. The minimum atomic E-state index is -0.562. The van der Waals surface area contributed by atoms with Crippen molar-refractivity contribution in [2.45, 2.75) is 6.42 Å². The van der Waals surface area contributed by atoms with Gasteiger partial charge < -0.3 is 11.1 Å². The molecule has 0 aliphatic rings. The fourth-order valence-electron chi connectivity index (χ4n) is 3.04. The molecule has 4 rings (SSSR count). The van der Waals surface area contributed by atoms with Gasteiger partial charge in [0.05, 0.1) is 22.6 Å².